The number of thioether (sulfide) groups is 1. The molecule has 0 spiro atoms. The highest BCUT2D eigenvalue weighted by atomic mass is 32.2. The summed E-state index contributed by atoms with van der Waals surface area (Å²) in [7, 11) is 0. The van der Waals surface area contributed by atoms with Crippen molar-refractivity contribution in [2.24, 2.45) is 0 Å². The van der Waals surface area contributed by atoms with Gasteiger partial charge in [-0.2, -0.15) is 0 Å². The van der Waals surface area contributed by atoms with E-state index < -0.39 is 0 Å². The summed E-state index contributed by atoms with van der Waals surface area (Å²) in [5.74, 6) is 2.02. The summed E-state index contributed by atoms with van der Waals surface area (Å²) >= 11 is 1.49. The van der Waals surface area contributed by atoms with E-state index >= 15 is 0 Å². The summed E-state index contributed by atoms with van der Waals surface area (Å²) in [6, 6.07) is 1.66. The topological polar surface area (TPSA) is 83.8 Å². The lowest BCUT2D eigenvalue weighted by atomic mass is 10.2. The normalized spacial score (nSPS) is 10.6. The van der Waals surface area contributed by atoms with Gasteiger partial charge in [0, 0.05) is 12.3 Å². The summed E-state index contributed by atoms with van der Waals surface area (Å²) in [4.78, 5) is 15.9. The third-order valence-corrected chi connectivity index (χ3v) is 3.15. The molecule has 0 atom stereocenters. The number of carbonyl (C=O) groups excluding carboxylic acids is 1. The first-order valence-corrected chi connectivity index (χ1v) is 6.49. The molecule has 2 N–H and O–H groups in total. The monoisotopic (exact) mass is 266 g/mol. The minimum Gasteiger partial charge on any atom is -0.469 e. The van der Waals surface area contributed by atoms with Crippen molar-refractivity contribution >= 4 is 17.7 Å². The van der Waals surface area contributed by atoms with E-state index in [1.807, 2.05) is 6.92 Å². The van der Waals surface area contributed by atoms with Gasteiger partial charge in [0.15, 0.2) is 0 Å². The number of aromatic nitrogens is 3. The lowest BCUT2D eigenvalue weighted by molar-refractivity contribution is 0.0954. The molecule has 2 rings (SSSR count). The smallest absolute Gasteiger partial charge is 0.254 e. The molecule has 2 aromatic heterocycles. The Morgan fingerprint density at radius 2 is 2.39 bits per heavy atom. The first kappa shape index (κ1) is 12.7. The van der Waals surface area contributed by atoms with Gasteiger partial charge in [0.1, 0.15) is 11.6 Å². The third-order valence-electron chi connectivity index (χ3n) is 2.30. The van der Waals surface area contributed by atoms with Crippen LogP contribution in [0.2, 0.25) is 0 Å². The Morgan fingerprint density at radius 3 is 3.00 bits per heavy atom. The lowest BCUT2D eigenvalue weighted by Gasteiger charge is -2.02. The number of carbonyl (C=O) groups is 1. The van der Waals surface area contributed by atoms with Gasteiger partial charge in [0.25, 0.3) is 5.91 Å². The number of nitrogens with one attached hydrogen (secondary N) is 2. The second kappa shape index (κ2) is 5.72. The molecule has 7 heteroatoms. The van der Waals surface area contributed by atoms with Crippen molar-refractivity contribution in [1.29, 1.82) is 0 Å². The molecule has 18 heavy (non-hydrogen) atoms. The standard InChI is InChI=1S/C11H14N4O2S/c1-7-9(3-5-17-7)10(16)12-4-6-18-11-13-8(2)14-15-11/h3,5H,4,6H2,1-2H3,(H,12,16)(H,13,14,15). The molecule has 0 radical (unpaired) electrons. The van der Waals surface area contributed by atoms with Crippen LogP contribution in [0.1, 0.15) is 21.9 Å². The molecule has 0 aliphatic rings. The Kier molecular flexibility index (Phi) is 4.03. The molecule has 0 unspecified atom stereocenters. The fourth-order valence-corrected chi connectivity index (χ4v) is 2.11. The number of aryl methyl sites for hydroxylation is 2. The number of hydrogen-bond acceptors (Lipinski definition) is 5. The predicted molar refractivity (Wildman–Crippen MR) is 67.6 cm³/mol. The molecule has 6 nitrogen and oxygen atoms in total. The highest BCUT2D eigenvalue weighted by Crippen LogP contribution is 2.11. The quantitative estimate of drug-likeness (QED) is 0.633. The molecule has 0 aromatic carbocycles. The number of nitrogens with zero attached hydrogens (tertiary/aromatic N) is 2. The van der Waals surface area contributed by atoms with Crippen molar-refractivity contribution < 1.29 is 9.21 Å². The Labute approximate surface area is 109 Å². The van der Waals surface area contributed by atoms with Gasteiger partial charge in [0.05, 0.1) is 11.8 Å². The predicted octanol–water partition coefficient (Wildman–Crippen LogP) is 1.54. The van der Waals surface area contributed by atoms with Crippen LogP contribution in [-0.2, 0) is 0 Å². The Hall–Kier alpha value is -1.76. The van der Waals surface area contributed by atoms with Gasteiger partial charge >= 0.3 is 0 Å². The van der Waals surface area contributed by atoms with E-state index in [0.717, 1.165) is 11.6 Å². The Balaban J connectivity index is 1.73. The van der Waals surface area contributed by atoms with Gasteiger partial charge in [-0.15, -0.1) is 5.10 Å². The van der Waals surface area contributed by atoms with Gasteiger partial charge in [-0.3, -0.25) is 9.89 Å². The minimum absolute atomic E-state index is 0.118. The van der Waals surface area contributed by atoms with Crippen LogP contribution in [0, 0.1) is 13.8 Å². The van der Waals surface area contributed by atoms with E-state index in [2.05, 4.69) is 20.5 Å². The maximum atomic E-state index is 11.7. The Morgan fingerprint density at radius 1 is 1.56 bits per heavy atom. The SMILES string of the molecule is Cc1nc(SCCNC(=O)c2ccoc2C)n[nH]1. The zero-order valence-corrected chi connectivity index (χ0v) is 11.0. The van der Waals surface area contributed by atoms with Crippen LogP contribution in [0.4, 0.5) is 0 Å². The molecule has 1 amide bonds. The van der Waals surface area contributed by atoms with Gasteiger partial charge in [0.2, 0.25) is 5.16 Å². The van der Waals surface area contributed by atoms with Crippen molar-refractivity contribution in [3.05, 3.63) is 29.5 Å². The van der Waals surface area contributed by atoms with Crippen molar-refractivity contribution in [3.63, 3.8) is 0 Å². The first-order valence-electron chi connectivity index (χ1n) is 5.51. The van der Waals surface area contributed by atoms with E-state index in [0.29, 0.717) is 23.0 Å². The van der Waals surface area contributed by atoms with Crippen molar-refractivity contribution in [3.8, 4) is 0 Å². The molecule has 0 aliphatic carbocycles. The summed E-state index contributed by atoms with van der Waals surface area (Å²) in [5, 5.41) is 10.3. The zero-order chi connectivity index (χ0) is 13.0. The summed E-state index contributed by atoms with van der Waals surface area (Å²) in [6.07, 6.45) is 1.51. The second-order valence-electron chi connectivity index (χ2n) is 3.70. The number of amides is 1. The van der Waals surface area contributed by atoms with Crippen LogP contribution in [0.25, 0.3) is 0 Å². The van der Waals surface area contributed by atoms with E-state index in [4.69, 9.17) is 4.42 Å². The zero-order valence-electron chi connectivity index (χ0n) is 10.2. The van der Waals surface area contributed by atoms with Crippen molar-refractivity contribution in [2.45, 2.75) is 19.0 Å². The van der Waals surface area contributed by atoms with Gasteiger partial charge in [-0.25, -0.2) is 4.98 Å². The number of aromatic amines is 1. The third kappa shape index (κ3) is 3.13. The average molecular weight is 266 g/mol. The van der Waals surface area contributed by atoms with Crippen LogP contribution < -0.4 is 5.32 Å². The van der Waals surface area contributed by atoms with Crippen molar-refractivity contribution in [1.82, 2.24) is 20.5 Å². The highest BCUT2D eigenvalue weighted by molar-refractivity contribution is 7.99. The largest absolute Gasteiger partial charge is 0.469 e. The maximum absolute atomic E-state index is 11.7. The van der Waals surface area contributed by atoms with Gasteiger partial charge < -0.3 is 9.73 Å². The molecular formula is C11H14N4O2S. The molecule has 0 aliphatic heterocycles. The molecule has 2 heterocycles. The van der Waals surface area contributed by atoms with Crippen LogP contribution in [-0.4, -0.2) is 33.4 Å². The summed E-state index contributed by atoms with van der Waals surface area (Å²) in [6.45, 7) is 4.17. The molecule has 0 fully saturated rings. The molecule has 96 valence electrons. The van der Waals surface area contributed by atoms with Gasteiger partial charge in [-0.1, -0.05) is 11.8 Å². The Bertz CT molecular complexity index is 535. The molecule has 0 saturated heterocycles. The van der Waals surface area contributed by atoms with Crippen LogP contribution in [0.3, 0.4) is 0 Å². The fraction of sp³-hybridized carbons (Fsp3) is 0.364. The first-order chi connectivity index (χ1) is 8.66. The van der Waals surface area contributed by atoms with Crippen LogP contribution >= 0.6 is 11.8 Å². The number of furan rings is 1. The second-order valence-corrected chi connectivity index (χ2v) is 4.76. The van der Waals surface area contributed by atoms with Crippen LogP contribution in [0.15, 0.2) is 21.9 Å². The van der Waals surface area contributed by atoms with Crippen molar-refractivity contribution in [2.75, 3.05) is 12.3 Å². The van der Waals surface area contributed by atoms with Crippen LogP contribution in [0.5, 0.6) is 0 Å². The molecule has 2 aromatic rings. The maximum Gasteiger partial charge on any atom is 0.254 e. The fourth-order valence-electron chi connectivity index (χ4n) is 1.41. The number of hydrogen-bond donors (Lipinski definition) is 2. The molecular weight excluding hydrogens is 252 g/mol. The van der Waals surface area contributed by atoms with E-state index in [-0.39, 0.29) is 5.91 Å². The highest BCUT2D eigenvalue weighted by Gasteiger charge is 2.10. The van der Waals surface area contributed by atoms with E-state index in [1.165, 1.54) is 18.0 Å². The minimum atomic E-state index is -0.118. The summed E-state index contributed by atoms with van der Waals surface area (Å²) < 4.78 is 5.07. The lowest BCUT2D eigenvalue weighted by Crippen LogP contribution is -2.25. The summed E-state index contributed by atoms with van der Waals surface area (Å²) in [5.41, 5.74) is 0.578. The van der Waals surface area contributed by atoms with Gasteiger partial charge in [-0.05, 0) is 19.9 Å². The average Bonchev–Trinajstić information content (AvgIpc) is 2.93. The number of H-pyrrole nitrogens is 1. The van der Waals surface area contributed by atoms with E-state index in [9.17, 15) is 4.79 Å². The van der Waals surface area contributed by atoms with E-state index in [1.54, 1.807) is 13.0 Å². The number of rotatable bonds is 5. The molecule has 0 bridgehead atoms. The molecule has 0 saturated carbocycles.